The van der Waals surface area contributed by atoms with Gasteiger partial charge < -0.3 is 18.9 Å². The summed E-state index contributed by atoms with van der Waals surface area (Å²) in [6, 6.07) is -0.659. The van der Waals surface area contributed by atoms with E-state index in [0.717, 1.165) is 52.6 Å². The van der Waals surface area contributed by atoms with Crippen molar-refractivity contribution in [3.05, 3.63) is 0 Å². The summed E-state index contributed by atoms with van der Waals surface area (Å²) in [4.78, 5) is 4.49. The standard InChI is InChI=1S/C11H20N2O4/c1-5-14-6-2-12(1)11(16-9-10-17-11)13-3-7-15-8-4-13/h1-10H2. The molecule has 0 saturated carbocycles. The van der Waals surface area contributed by atoms with Crippen molar-refractivity contribution in [2.45, 2.75) is 6.03 Å². The van der Waals surface area contributed by atoms with E-state index in [-0.39, 0.29) is 0 Å². The van der Waals surface area contributed by atoms with Crippen molar-refractivity contribution in [1.29, 1.82) is 0 Å². The molecule has 0 bridgehead atoms. The molecular formula is C11H20N2O4. The molecule has 3 aliphatic rings. The second-order valence-electron chi connectivity index (χ2n) is 4.44. The Balaban J connectivity index is 1.75. The van der Waals surface area contributed by atoms with E-state index in [1.807, 2.05) is 0 Å². The minimum absolute atomic E-state index is 0.659. The Morgan fingerprint density at radius 2 is 1.00 bits per heavy atom. The molecule has 6 nitrogen and oxygen atoms in total. The lowest BCUT2D eigenvalue weighted by Gasteiger charge is -2.47. The highest BCUT2D eigenvalue weighted by Gasteiger charge is 2.49. The Hall–Kier alpha value is -0.240. The predicted molar refractivity (Wildman–Crippen MR) is 59.4 cm³/mol. The normalized spacial score (nSPS) is 31.8. The van der Waals surface area contributed by atoms with Crippen molar-refractivity contribution in [2.75, 3.05) is 65.8 Å². The van der Waals surface area contributed by atoms with Crippen molar-refractivity contribution < 1.29 is 18.9 Å². The molecule has 0 amide bonds. The fourth-order valence-corrected chi connectivity index (χ4v) is 2.65. The lowest BCUT2D eigenvalue weighted by atomic mass is 10.3. The van der Waals surface area contributed by atoms with Crippen LogP contribution in [0.2, 0.25) is 0 Å². The van der Waals surface area contributed by atoms with E-state index >= 15 is 0 Å². The van der Waals surface area contributed by atoms with Crippen LogP contribution in [0.1, 0.15) is 0 Å². The highest BCUT2D eigenvalue weighted by molar-refractivity contribution is 4.80. The van der Waals surface area contributed by atoms with Crippen LogP contribution in [0.15, 0.2) is 0 Å². The maximum atomic E-state index is 5.94. The molecule has 0 aromatic rings. The van der Waals surface area contributed by atoms with Gasteiger partial charge in [0.2, 0.25) is 0 Å². The van der Waals surface area contributed by atoms with Crippen molar-refractivity contribution in [1.82, 2.24) is 9.80 Å². The number of hydrogen-bond acceptors (Lipinski definition) is 6. The molecule has 0 N–H and O–H groups in total. The van der Waals surface area contributed by atoms with Gasteiger partial charge in [-0.2, -0.15) is 0 Å². The summed E-state index contributed by atoms with van der Waals surface area (Å²) in [6.07, 6.45) is 0. The molecule has 0 aromatic heterocycles. The van der Waals surface area contributed by atoms with E-state index in [1.54, 1.807) is 0 Å². The zero-order valence-corrected chi connectivity index (χ0v) is 10.1. The zero-order chi connectivity index (χ0) is 11.6. The van der Waals surface area contributed by atoms with Crippen LogP contribution >= 0.6 is 0 Å². The van der Waals surface area contributed by atoms with Crippen LogP contribution in [0.5, 0.6) is 0 Å². The second kappa shape index (κ2) is 5.17. The zero-order valence-electron chi connectivity index (χ0n) is 10.1. The maximum Gasteiger partial charge on any atom is 0.297 e. The van der Waals surface area contributed by atoms with Crippen LogP contribution in [0, 0.1) is 0 Å². The van der Waals surface area contributed by atoms with Crippen LogP contribution in [-0.2, 0) is 18.9 Å². The number of nitrogens with zero attached hydrogens (tertiary/aromatic N) is 2. The van der Waals surface area contributed by atoms with Gasteiger partial charge in [0.05, 0.1) is 39.6 Å². The minimum atomic E-state index is -0.659. The third-order valence-corrected chi connectivity index (χ3v) is 3.48. The Labute approximate surface area is 101 Å². The largest absolute Gasteiger partial charge is 0.379 e. The quantitative estimate of drug-likeness (QED) is 0.640. The third kappa shape index (κ3) is 2.21. The fraction of sp³-hybridized carbons (Fsp3) is 1.00. The molecule has 98 valence electrons. The number of rotatable bonds is 2. The summed E-state index contributed by atoms with van der Waals surface area (Å²) < 4.78 is 22.7. The van der Waals surface area contributed by atoms with E-state index < -0.39 is 6.03 Å². The van der Waals surface area contributed by atoms with Gasteiger partial charge in [0.1, 0.15) is 0 Å². The molecule has 3 saturated heterocycles. The van der Waals surface area contributed by atoms with Gasteiger partial charge in [-0.3, -0.25) is 0 Å². The van der Waals surface area contributed by atoms with Gasteiger partial charge in [-0.15, -0.1) is 0 Å². The number of hydrogen-bond donors (Lipinski definition) is 0. The molecule has 6 heteroatoms. The minimum Gasteiger partial charge on any atom is -0.379 e. The van der Waals surface area contributed by atoms with Crippen LogP contribution in [0.4, 0.5) is 0 Å². The van der Waals surface area contributed by atoms with Crippen LogP contribution in [-0.4, -0.2) is 81.7 Å². The molecule has 0 aromatic carbocycles. The van der Waals surface area contributed by atoms with E-state index in [9.17, 15) is 0 Å². The first-order valence-corrected chi connectivity index (χ1v) is 6.35. The molecule has 0 atom stereocenters. The van der Waals surface area contributed by atoms with Crippen molar-refractivity contribution in [3.63, 3.8) is 0 Å². The summed E-state index contributed by atoms with van der Waals surface area (Å²) >= 11 is 0. The van der Waals surface area contributed by atoms with Gasteiger partial charge >= 0.3 is 0 Å². The van der Waals surface area contributed by atoms with Gasteiger partial charge in [-0.1, -0.05) is 0 Å². The molecule has 3 heterocycles. The Morgan fingerprint density at radius 1 is 0.588 bits per heavy atom. The predicted octanol–water partition coefficient (Wildman–Crippen LogP) is -0.691. The summed E-state index contributed by atoms with van der Waals surface area (Å²) in [7, 11) is 0. The van der Waals surface area contributed by atoms with Gasteiger partial charge in [-0.25, -0.2) is 9.80 Å². The van der Waals surface area contributed by atoms with E-state index in [0.29, 0.717) is 13.2 Å². The maximum absolute atomic E-state index is 5.94. The second-order valence-corrected chi connectivity index (χ2v) is 4.44. The van der Waals surface area contributed by atoms with Gasteiger partial charge in [0, 0.05) is 26.2 Å². The van der Waals surface area contributed by atoms with Crippen LogP contribution in [0.3, 0.4) is 0 Å². The molecule has 3 rings (SSSR count). The van der Waals surface area contributed by atoms with Gasteiger partial charge in [-0.05, 0) is 0 Å². The Morgan fingerprint density at radius 3 is 1.41 bits per heavy atom. The van der Waals surface area contributed by atoms with Crippen LogP contribution < -0.4 is 0 Å². The van der Waals surface area contributed by atoms with Crippen LogP contribution in [0.25, 0.3) is 0 Å². The van der Waals surface area contributed by atoms with E-state index in [2.05, 4.69) is 9.80 Å². The molecule has 0 aliphatic carbocycles. The topological polar surface area (TPSA) is 43.4 Å². The Kier molecular flexibility index (Phi) is 3.60. The fourth-order valence-electron chi connectivity index (χ4n) is 2.65. The van der Waals surface area contributed by atoms with Gasteiger partial charge in [0.15, 0.2) is 0 Å². The summed E-state index contributed by atoms with van der Waals surface area (Å²) in [5.41, 5.74) is 0. The first kappa shape index (κ1) is 11.8. The molecule has 0 unspecified atom stereocenters. The number of morpholine rings is 2. The molecule has 0 spiro atoms. The number of ether oxygens (including phenoxy) is 4. The summed E-state index contributed by atoms with van der Waals surface area (Å²) in [5.74, 6) is 0. The van der Waals surface area contributed by atoms with Crippen molar-refractivity contribution >= 4 is 0 Å². The van der Waals surface area contributed by atoms with Gasteiger partial charge in [0.25, 0.3) is 6.03 Å². The third-order valence-electron chi connectivity index (χ3n) is 3.48. The monoisotopic (exact) mass is 244 g/mol. The van der Waals surface area contributed by atoms with Crippen molar-refractivity contribution in [2.24, 2.45) is 0 Å². The summed E-state index contributed by atoms with van der Waals surface area (Å²) in [6.45, 7) is 7.75. The van der Waals surface area contributed by atoms with Crippen molar-refractivity contribution in [3.8, 4) is 0 Å². The average Bonchev–Trinajstić information content (AvgIpc) is 2.91. The smallest absolute Gasteiger partial charge is 0.297 e. The molecule has 0 radical (unpaired) electrons. The van der Waals surface area contributed by atoms with E-state index in [1.165, 1.54) is 0 Å². The first-order chi connectivity index (χ1) is 8.42. The molecule has 17 heavy (non-hydrogen) atoms. The summed E-state index contributed by atoms with van der Waals surface area (Å²) in [5, 5.41) is 0. The Bertz CT molecular complexity index is 226. The highest BCUT2D eigenvalue weighted by Crippen LogP contribution is 2.29. The molecular weight excluding hydrogens is 224 g/mol. The SMILES string of the molecule is C1CN(C2(N3CCOCC3)OCCO2)CCO1. The first-order valence-electron chi connectivity index (χ1n) is 6.35. The lowest BCUT2D eigenvalue weighted by molar-refractivity contribution is -0.357. The van der Waals surface area contributed by atoms with E-state index in [4.69, 9.17) is 18.9 Å². The lowest BCUT2D eigenvalue weighted by Crippen LogP contribution is -2.66. The molecule has 3 aliphatic heterocycles. The average molecular weight is 244 g/mol. The molecule has 3 fully saturated rings. The highest BCUT2D eigenvalue weighted by atomic mass is 16.8.